The quantitative estimate of drug-likeness (QED) is 0.808. The molecule has 1 aromatic carbocycles. The number of morpholine rings is 1. The molecule has 2 heterocycles. The smallest absolute Gasteiger partial charge is 0.228 e. The third-order valence-corrected chi connectivity index (χ3v) is 5.22. The van der Waals surface area contributed by atoms with E-state index in [2.05, 4.69) is 0 Å². The van der Waals surface area contributed by atoms with Crippen LogP contribution in [0.1, 0.15) is 38.3 Å². The first kappa shape index (κ1) is 18.7. The van der Waals surface area contributed by atoms with Crippen LogP contribution >= 0.6 is 0 Å². The standard InChI is InChI=1S/C20H28N2O4/c1-3-22-18(23)10-9-17(20(24)21-11-13-25-14-12-21)19(22)15-5-7-16(8-6-15)26-4-2/h5-8,17,19H,3-4,9-14H2,1-2H3/t17-,19+/m1/s1. The minimum Gasteiger partial charge on any atom is -0.494 e. The zero-order chi connectivity index (χ0) is 18.5. The van der Waals surface area contributed by atoms with Crippen LogP contribution in [0.2, 0.25) is 0 Å². The summed E-state index contributed by atoms with van der Waals surface area (Å²) >= 11 is 0. The fraction of sp³-hybridized carbons (Fsp3) is 0.600. The number of benzene rings is 1. The molecular formula is C20H28N2O4. The molecule has 3 rings (SSSR count). The minimum absolute atomic E-state index is 0.123. The molecule has 0 N–H and O–H groups in total. The van der Waals surface area contributed by atoms with Crippen LogP contribution in [0.3, 0.4) is 0 Å². The molecule has 2 atom stereocenters. The molecule has 2 fully saturated rings. The number of nitrogens with zero attached hydrogens (tertiary/aromatic N) is 2. The van der Waals surface area contributed by atoms with Gasteiger partial charge in [0.2, 0.25) is 11.8 Å². The van der Waals surface area contributed by atoms with Gasteiger partial charge in [0.1, 0.15) is 5.75 Å². The molecule has 0 saturated carbocycles. The molecule has 2 amide bonds. The van der Waals surface area contributed by atoms with Crippen molar-refractivity contribution in [1.82, 2.24) is 9.80 Å². The predicted molar refractivity (Wildman–Crippen MR) is 97.9 cm³/mol. The van der Waals surface area contributed by atoms with Crippen molar-refractivity contribution in [3.63, 3.8) is 0 Å². The maximum Gasteiger partial charge on any atom is 0.228 e. The summed E-state index contributed by atoms with van der Waals surface area (Å²) in [6.45, 7) is 7.57. The van der Waals surface area contributed by atoms with E-state index in [1.54, 1.807) is 0 Å². The van der Waals surface area contributed by atoms with Gasteiger partial charge >= 0.3 is 0 Å². The van der Waals surface area contributed by atoms with Crippen LogP contribution in [0.4, 0.5) is 0 Å². The molecule has 2 aliphatic heterocycles. The Hall–Kier alpha value is -2.08. The van der Waals surface area contributed by atoms with Crippen LogP contribution < -0.4 is 4.74 Å². The van der Waals surface area contributed by atoms with Gasteiger partial charge in [-0.1, -0.05) is 12.1 Å². The molecule has 26 heavy (non-hydrogen) atoms. The lowest BCUT2D eigenvalue weighted by Crippen LogP contribution is -2.51. The van der Waals surface area contributed by atoms with E-state index >= 15 is 0 Å². The lowest BCUT2D eigenvalue weighted by atomic mass is 9.83. The van der Waals surface area contributed by atoms with Crippen molar-refractivity contribution in [2.45, 2.75) is 32.7 Å². The van der Waals surface area contributed by atoms with Crippen LogP contribution in [-0.4, -0.2) is 61.1 Å². The molecule has 6 heteroatoms. The zero-order valence-corrected chi connectivity index (χ0v) is 15.6. The molecule has 2 saturated heterocycles. The highest BCUT2D eigenvalue weighted by atomic mass is 16.5. The predicted octanol–water partition coefficient (Wildman–Crippen LogP) is 2.24. The Bertz CT molecular complexity index is 625. The second-order valence-corrected chi connectivity index (χ2v) is 6.71. The maximum absolute atomic E-state index is 13.2. The molecule has 0 aliphatic carbocycles. The summed E-state index contributed by atoms with van der Waals surface area (Å²) in [6, 6.07) is 7.59. The Morgan fingerprint density at radius 3 is 2.50 bits per heavy atom. The molecule has 0 bridgehead atoms. The monoisotopic (exact) mass is 360 g/mol. The van der Waals surface area contributed by atoms with Gasteiger partial charge in [0, 0.05) is 26.1 Å². The number of carbonyl (C=O) groups excluding carboxylic acids is 2. The maximum atomic E-state index is 13.2. The Balaban J connectivity index is 1.88. The van der Waals surface area contributed by atoms with Gasteiger partial charge in [-0.2, -0.15) is 0 Å². The fourth-order valence-electron chi connectivity index (χ4n) is 3.94. The van der Waals surface area contributed by atoms with Gasteiger partial charge < -0.3 is 19.3 Å². The van der Waals surface area contributed by atoms with E-state index in [9.17, 15) is 9.59 Å². The summed E-state index contributed by atoms with van der Waals surface area (Å²) in [7, 11) is 0. The summed E-state index contributed by atoms with van der Waals surface area (Å²) in [4.78, 5) is 29.4. The summed E-state index contributed by atoms with van der Waals surface area (Å²) in [5.74, 6) is 0.858. The lowest BCUT2D eigenvalue weighted by molar-refractivity contribution is -0.150. The fourth-order valence-corrected chi connectivity index (χ4v) is 3.94. The van der Waals surface area contributed by atoms with E-state index in [1.807, 2.05) is 47.9 Å². The third-order valence-electron chi connectivity index (χ3n) is 5.22. The molecule has 0 aromatic heterocycles. The van der Waals surface area contributed by atoms with Crippen molar-refractivity contribution >= 4 is 11.8 Å². The molecule has 6 nitrogen and oxygen atoms in total. The Morgan fingerprint density at radius 2 is 1.88 bits per heavy atom. The second kappa shape index (κ2) is 8.54. The number of hydrogen-bond donors (Lipinski definition) is 0. The first-order valence-electron chi connectivity index (χ1n) is 9.54. The number of rotatable bonds is 5. The molecule has 0 radical (unpaired) electrons. The molecular weight excluding hydrogens is 332 g/mol. The normalized spacial score (nSPS) is 23.8. The molecule has 0 unspecified atom stereocenters. The van der Waals surface area contributed by atoms with Gasteiger partial charge in [0.25, 0.3) is 0 Å². The van der Waals surface area contributed by atoms with Gasteiger partial charge in [0.05, 0.1) is 31.8 Å². The first-order chi connectivity index (χ1) is 12.7. The van der Waals surface area contributed by atoms with E-state index < -0.39 is 0 Å². The Labute approximate surface area is 155 Å². The zero-order valence-electron chi connectivity index (χ0n) is 15.6. The van der Waals surface area contributed by atoms with Gasteiger partial charge in [-0.25, -0.2) is 0 Å². The average molecular weight is 360 g/mol. The first-order valence-corrected chi connectivity index (χ1v) is 9.54. The summed E-state index contributed by atoms with van der Waals surface area (Å²) in [6.07, 6.45) is 1.03. The lowest BCUT2D eigenvalue weighted by Gasteiger charge is -2.42. The van der Waals surface area contributed by atoms with Gasteiger partial charge in [-0.3, -0.25) is 9.59 Å². The van der Waals surface area contributed by atoms with Crippen molar-refractivity contribution in [3.8, 4) is 5.75 Å². The van der Waals surface area contributed by atoms with E-state index in [1.165, 1.54) is 0 Å². The number of amides is 2. The van der Waals surface area contributed by atoms with Crippen LogP contribution in [0.5, 0.6) is 5.75 Å². The van der Waals surface area contributed by atoms with Gasteiger partial charge in [-0.05, 0) is 38.0 Å². The van der Waals surface area contributed by atoms with E-state index in [-0.39, 0.29) is 23.8 Å². The van der Waals surface area contributed by atoms with E-state index in [0.29, 0.717) is 52.3 Å². The molecule has 2 aliphatic rings. The minimum atomic E-state index is -0.215. The van der Waals surface area contributed by atoms with Crippen LogP contribution in [0.15, 0.2) is 24.3 Å². The SMILES string of the molecule is CCOc1ccc([C@H]2[C@H](C(=O)N3CCOCC3)CCC(=O)N2CC)cc1. The largest absolute Gasteiger partial charge is 0.494 e. The Kier molecular flexibility index (Phi) is 6.14. The summed E-state index contributed by atoms with van der Waals surface area (Å²) in [5, 5.41) is 0. The summed E-state index contributed by atoms with van der Waals surface area (Å²) < 4.78 is 10.9. The number of carbonyl (C=O) groups is 2. The van der Waals surface area contributed by atoms with E-state index in [0.717, 1.165) is 11.3 Å². The number of ether oxygens (including phenoxy) is 2. The number of piperidine rings is 1. The summed E-state index contributed by atoms with van der Waals surface area (Å²) in [5.41, 5.74) is 0.995. The van der Waals surface area contributed by atoms with Crippen molar-refractivity contribution < 1.29 is 19.1 Å². The van der Waals surface area contributed by atoms with Crippen molar-refractivity contribution in [2.24, 2.45) is 5.92 Å². The average Bonchev–Trinajstić information content (AvgIpc) is 2.69. The molecule has 0 spiro atoms. The highest BCUT2D eigenvalue weighted by molar-refractivity contribution is 5.85. The second-order valence-electron chi connectivity index (χ2n) is 6.71. The van der Waals surface area contributed by atoms with Crippen molar-refractivity contribution in [1.29, 1.82) is 0 Å². The number of hydrogen-bond acceptors (Lipinski definition) is 4. The highest BCUT2D eigenvalue weighted by Gasteiger charge is 2.41. The molecule has 142 valence electrons. The Morgan fingerprint density at radius 1 is 1.19 bits per heavy atom. The molecule has 1 aromatic rings. The van der Waals surface area contributed by atoms with Crippen molar-refractivity contribution in [3.05, 3.63) is 29.8 Å². The third kappa shape index (κ3) is 3.85. The van der Waals surface area contributed by atoms with Crippen molar-refractivity contribution in [2.75, 3.05) is 39.5 Å². The number of likely N-dealkylation sites (tertiary alicyclic amines) is 1. The van der Waals surface area contributed by atoms with Crippen LogP contribution in [-0.2, 0) is 14.3 Å². The van der Waals surface area contributed by atoms with Gasteiger partial charge in [0.15, 0.2) is 0 Å². The van der Waals surface area contributed by atoms with Crippen LogP contribution in [0.25, 0.3) is 0 Å². The van der Waals surface area contributed by atoms with Gasteiger partial charge in [-0.15, -0.1) is 0 Å². The van der Waals surface area contributed by atoms with E-state index in [4.69, 9.17) is 9.47 Å². The van der Waals surface area contributed by atoms with Crippen LogP contribution in [0, 0.1) is 5.92 Å². The highest BCUT2D eigenvalue weighted by Crippen LogP contribution is 2.38. The topological polar surface area (TPSA) is 59.1 Å².